The zero-order valence-electron chi connectivity index (χ0n) is 8.12. The van der Waals surface area contributed by atoms with Gasteiger partial charge in [0.2, 0.25) is 5.91 Å². The van der Waals surface area contributed by atoms with Crippen LogP contribution in [0.1, 0.15) is 6.92 Å². The molecule has 0 atom stereocenters. The summed E-state index contributed by atoms with van der Waals surface area (Å²) in [6, 6.07) is 7.13. The second-order valence-electron chi connectivity index (χ2n) is 3.20. The average Bonchev–Trinajstić information content (AvgIpc) is 2.18. The second-order valence-corrected chi connectivity index (χ2v) is 3.64. The highest BCUT2D eigenvalue weighted by Crippen LogP contribution is 2.24. The summed E-state index contributed by atoms with van der Waals surface area (Å²) in [7, 11) is 0. The Bertz CT molecular complexity index is 525. The van der Waals surface area contributed by atoms with Gasteiger partial charge >= 0.3 is 0 Å². The van der Waals surface area contributed by atoms with Gasteiger partial charge in [-0.15, -0.1) is 0 Å². The van der Waals surface area contributed by atoms with Gasteiger partial charge in [-0.2, -0.15) is 0 Å². The summed E-state index contributed by atoms with van der Waals surface area (Å²) in [6.45, 7) is 1.47. The molecule has 2 rings (SSSR count). The number of carbonyl (C=O) groups is 1. The largest absolute Gasteiger partial charge is 0.326 e. The van der Waals surface area contributed by atoms with E-state index < -0.39 is 0 Å². The third-order valence-electron chi connectivity index (χ3n) is 2.01. The summed E-state index contributed by atoms with van der Waals surface area (Å²) >= 11 is 5.89. The first kappa shape index (κ1) is 9.93. The van der Waals surface area contributed by atoms with Crippen LogP contribution in [0.3, 0.4) is 0 Å². The Hall–Kier alpha value is -1.61. The van der Waals surface area contributed by atoms with Crippen molar-refractivity contribution in [2.75, 3.05) is 5.32 Å². The smallest absolute Gasteiger partial charge is 0.221 e. The minimum Gasteiger partial charge on any atom is -0.326 e. The predicted octanol–water partition coefficient (Wildman–Crippen LogP) is 2.85. The predicted molar refractivity (Wildman–Crippen MR) is 61.1 cm³/mol. The summed E-state index contributed by atoms with van der Waals surface area (Å²) in [6.07, 6.45) is 1.65. The quantitative estimate of drug-likeness (QED) is 0.803. The van der Waals surface area contributed by atoms with Crippen LogP contribution in [0.15, 0.2) is 30.5 Å². The van der Waals surface area contributed by atoms with Crippen LogP contribution < -0.4 is 5.32 Å². The van der Waals surface area contributed by atoms with E-state index in [2.05, 4.69) is 10.3 Å². The van der Waals surface area contributed by atoms with E-state index in [1.807, 2.05) is 6.07 Å². The molecular formula is C11H9ClN2O. The number of anilines is 1. The van der Waals surface area contributed by atoms with Crippen LogP contribution in [-0.4, -0.2) is 10.9 Å². The molecule has 76 valence electrons. The highest BCUT2D eigenvalue weighted by atomic mass is 35.5. The molecule has 1 amide bonds. The first-order valence-electron chi connectivity index (χ1n) is 4.48. The summed E-state index contributed by atoms with van der Waals surface area (Å²) in [5, 5.41) is 4.21. The number of halogens is 1. The van der Waals surface area contributed by atoms with E-state index in [0.29, 0.717) is 5.02 Å². The normalized spacial score (nSPS) is 10.3. The fourth-order valence-electron chi connectivity index (χ4n) is 1.42. The van der Waals surface area contributed by atoms with Gasteiger partial charge < -0.3 is 5.32 Å². The molecule has 1 aromatic heterocycles. The van der Waals surface area contributed by atoms with E-state index in [-0.39, 0.29) is 5.91 Å². The van der Waals surface area contributed by atoms with E-state index in [1.165, 1.54) is 6.92 Å². The molecule has 4 heteroatoms. The zero-order valence-corrected chi connectivity index (χ0v) is 8.88. The first-order chi connectivity index (χ1) is 7.16. The van der Waals surface area contributed by atoms with Gasteiger partial charge in [-0.25, -0.2) is 0 Å². The molecule has 0 aliphatic carbocycles. The van der Waals surface area contributed by atoms with Crippen LogP contribution in [0.2, 0.25) is 5.02 Å². The Kier molecular flexibility index (Phi) is 2.56. The number of hydrogen-bond donors (Lipinski definition) is 1. The van der Waals surface area contributed by atoms with Crippen molar-refractivity contribution in [2.45, 2.75) is 6.92 Å². The monoisotopic (exact) mass is 220 g/mol. The summed E-state index contributed by atoms with van der Waals surface area (Å²) in [5.74, 6) is -0.109. The molecule has 2 aromatic rings. The molecular weight excluding hydrogens is 212 g/mol. The van der Waals surface area contributed by atoms with Crippen molar-refractivity contribution in [2.24, 2.45) is 0 Å². The molecule has 0 aliphatic heterocycles. The van der Waals surface area contributed by atoms with Gasteiger partial charge in [0.25, 0.3) is 0 Å². The fourth-order valence-corrected chi connectivity index (χ4v) is 1.59. The van der Waals surface area contributed by atoms with Gasteiger partial charge in [-0.05, 0) is 24.3 Å². The van der Waals surface area contributed by atoms with Crippen LogP contribution in [0.4, 0.5) is 5.69 Å². The van der Waals surface area contributed by atoms with E-state index >= 15 is 0 Å². The Labute approximate surface area is 92.1 Å². The number of amides is 1. The van der Waals surface area contributed by atoms with E-state index in [0.717, 1.165) is 16.6 Å². The third kappa shape index (κ3) is 2.07. The van der Waals surface area contributed by atoms with Gasteiger partial charge in [-0.3, -0.25) is 9.78 Å². The highest BCUT2D eigenvalue weighted by molar-refractivity contribution is 6.31. The fraction of sp³-hybridized carbons (Fsp3) is 0.0909. The van der Waals surface area contributed by atoms with Crippen molar-refractivity contribution in [1.29, 1.82) is 0 Å². The highest BCUT2D eigenvalue weighted by Gasteiger charge is 2.03. The van der Waals surface area contributed by atoms with Crippen molar-refractivity contribution in [1.82, 2.24) is 4.98 Å². The van der Waals surface area contributed by atoms with E-state index in [9.17, 15) is 4.79 Å². The molecule has 0 spiro atoms. The maximum atomic E-state index is 11.0. The van der Waals surface area contributed by atoms with Gasteiger partial charge in [0.05, 0.1) is 11.2 Å². The third-order valence-corrected chi connectivity index (χ3v) is 2.25. The SMILES string of the molecule is CC(=O)Nc1ccnc2ccc(Cl)cc12. The Morgan fingerprint density at radius 1 is 1.40 bits per heavy atom. The average molecular weight is 221 g/mol. The number of benzene rings is 1. The lowest BCUT2D eigenvalue weighted by atomic mass is 10.2. The Balaban J connectivity index is 2.63. The van der Waals surface area contributed by atoms with Crippen LogP contribution in [0, 0.1) is 0 Å². The second kappa shape index (κ2) is 3.87. The molecule has 1 aromatic carbocycles. The standard InChI is InChI=1S/C11H9ClN2O/c1-7(15)14-11-4-5-13-10-3-2-8(12)6-9(10)11/h2-6H,1H3,(H,13,14,15). The molecule has 0 bridgehead atoms. The summed E-state index contributed by atoms with van der Waals surface area (Å²) in [5.41, 5.74) is 1.54. The van der Waals surface area contributed by atoms with Gasteiger partial charge in [0.1, 0.15) is 0 Å². The lowest BCUT2D eigenvalue weighted by molar-refractivity contribution is -0.114. The van der Waals surface area contributed by atoms with Gasteiger partial charge in [-0.1, -0.05) is 11.6 Å². The first-order valence-corrected chi connectivity index (χ1v) is 4.86. The van der Waals surface area contributed by atoms with E-state index in [1.54, 1.807) is 24.4 Å². The van der Waals surface area contributed by atoms with Crippen LogP contribution in [0.5, 0.6) is 0 Å². The molecule has 15 heavy (non-hydrogen) atoms. The summed E-state index contributed by atoms with van der Waals surface area (Å²) < 4.78 is 0. The number of nitrogens with zero attached hydrogens (tertiary/aromatic N) is 1. The van der Waals surface area contributed by atoms with Crippen LogP contribution in [0.25, 0.3) is 10.9 Å². The van der Waals surface area contributed by atoms with Crippen molar-refractivity contribution < 1.29 is 4.79 Å². The maximum Gasteiger partial charge on any atom is 0.221 e. The van der Waals surface area contributed by atoms with Gasteiger partial charge in [0.15, 0.2) is 0 Å². The van der Waals surface area contributed by atoms with Gasteiger partial charge in [0, 0.05) is 23.5 Å². The maximum absolute atomic E-state index is 11.0. The summed E-state index contributed by atoms with van der Waals surface area (Å²) in [4.78, 5) is 15.2. The van der Waals surface area contributed by atoms with Crippen LogP contribution >= 0.6 is 11.6 Å². The van der Waals surface area contributed by atoms with Crippen molar-refractivity contribution in [3.63, 3.8) is 0 Å². The number of hydrogen-bond acceptors (Lipinski definition) is 2. The molecule has 3 nitrogen and oxygen atoms in total. The molecule has 0 saturated heterocycles. The number of nitrogens with one attached hydrogen (secondary N) is 1. The molecule has 0 radical (unpaired) electrons. The van der Waals surface area contributed by atoms with E-state index in [4.69, 9.17) is 11.6 Å². The molecule has 1 N–H and O–H groups in total. The van der Waals surface area contributed by atoms with Crippen LogP contribution in [-0.2, 0) is 4.79 Å². The Morgan fingerprint density at radius 3 is 2.93 bits per heavy atom. The number of rotatable bonds is 1. The molecule has 0 fully saturated rings. The molecule has 0 unspecified atom stereocenters. The minimum absolute atomic E-state index is 0.109. The Morgan fingerprint density at radius 2 is 2.20 bits per heavy atom. The van der Waals surface area contributed by atoms with Crippen molar-refractivity contribution in [3.8, 4) is 0 Å². The molecule has 0 aliphatic rings. The van der Waals surface area contributed by atoms with Crippen molar-refractivity contribution >= 4 is 34.1 Å². The van der Waals surface area contributed by atoms with Crippen molar-refractivity contribution in [3.05, 3.63) is 35.5 Å². The lowest BCUT2D eigenvalue weighted by Crippen LogP contribution is -2.06. The minimum atomic E-state index is -0.109. The lowest BCUT2D eigenvalue weighted by Gasteiger charge is -2.06. The molecule has 0 saturated carbocycles. The number of pyridine rings is 1. The number of fused-ring (bicyclic) bond motifs is 1. The molecule has 1 heterocycles. The zero-order chi connectivity index (χ0) is 10.8. The topological polar surface area (TPSA) is 42.0 Å². The number of carbonyl (C=O) groups excluding carboxylic acids is 1. The number of aromatic nitrogens is 1.